The fourth-order valence-electron chi connectivity index (χ4n) is 2.89. The Bertz CT molecular complexity index is 595. The van der Waals surface area contributed by atoms with E-state index < -0.39 is 11.6 Å². The van der Waals surface area contributed by atoms with Gasteiger partial charge in [-0.1, -0.05) is 66.7 Å². The first kappa shape index (κ1) is 12.5. The van der Waals surface area contributed by atoms with Gasteiger partial charge in [0.2, 0.25) is 0 Å². The Morgan fingerprint density at radius 1 is 0.950 bits per heavy atom. The molecule has 2 aromatic rings. The molecule has 0 aromatic heterocycles. The van der Waals surface area contributed by atoms with E-state index in [2.05, 4.69) is 0 Å². The summed E-state index contributed by atoms with van der Waals surface area (Å²) >= 11 is 0. The number of amides is 1. The molecule has 3 heteroatoms. The highest BCUT2D eigenvalue weighted by Gasteiger charge is 2.44. The van der Waals surface area contributed by atoms with Gasteiger partial charge in [0, 0.05) is 6.20 Å². The van der Waals surface area contributed by atoms with Crippen molar-refractivity contribution < 1.29 is 9.90 Å². The van der Waals surface area contributed by atoms with Crippen molar-refractivity contribution in [3.63, 3.8) is 0 Å². The van der Waals surface area contributed by atoms with E-state index >= 15 is 0 Å². The summed E-state index contributed by atoms with van der Waals surface area (Å²) in [5.41, 5.74) is 1.31. The Kier molecular flexibility index (Phi) is 3.03. The second kappa shape index (κ2) is 4.85. The first-order valence-electron chi connectivity index (χ1n) is 6.55. The minimum absolute atomic E-state index is 0.646. The normalized spacial score (nSPS) is 16.3. The zero-order chi connectivity index (χ0) is 14.0. The summed E-state index contributed by atoms with van der Waals surface area (Å²) in [5, 5.41) is 9.55. The third-order valence-corrected chi connectivity index (χ3v) is 3.79. The van der Waals surface area contributed by atoms with Gasteiger partial charge >= 0.3 is 6.09 Å². The molecule has 0 unspecified atom stereocenters. The number of rotatable bonds is 2. The van der Waals surface area contributed by atoms with Crippen molar-refractivity contribution in [2.45, 2.75) is 12.0 Å². The predicted octanol–water partition coefficient (Wildman–Crippen LogP) is 3.83. The molecule has 0 atom stereocenters. The summed E-state index contributed by atoms with van der Waals surface area (Å²) in [4.78, 5) is 13.0. The molecule has 0 fully saturated rings. The highest BCUT2D eigenvalue weighted by molar-refractivity contribution is 5.70. The Morgan fingerprint density at radius 2 is 1.45 bits per heavy atom. The van der Waals surface area contributed by atoms with Crippen LogP contribution in [0.5, 0.6) is 0 Å². The molecule has 1 aliphatic heterocycles. The van der Waals surface area contributed by atoms with Crippen molar-refractivity contribution in [3.05, 3.63) is 84.1 Å². The summed E-state index contributed by atoms with van der Waals surface area (Å²) in [6, 6.07) is 19.6. The van der Waals surface area contributed by atoms with Gasteiger partial charge in [-0.05, 0) is 17.5 Å². The van der Waals surface area contributed by atoms with Crippen molar-refractivity contribution in [2.24, 2.45) is 0 Å². The minimum Gasteiger partial charge on any atom is -0.465 e. The van der Waals surface area contributed by atoms with Crippen molar-refractivity contribution >= 4 is 6.09 Å². The lowest BCUT2D eigenvalue weighted by atomic mass is 9.80. The van der Waals surface area contributed by atoms with Crippen LogP contribution in [0, 0.1) is 0 Å². The van der Waals surface area contributed by atoms with E-state index in [9.17, 15) is 9.90 Å². The molecule has 100 valence electrons. The van der Waals surface area contributed by atoms with Crippen LogP contribution in [0.1, 0.15) is 17.5 Å². The lowest BCUT2D eigenvalue weighted by Crippen LogP contribution is -2.43. The third-order valence-electron chi connectivity index (χ3n) is 3.79. The van der Waals surface area contributed by atoms with Crippen LogP contribution in [0.4, 0.5) is 4.79 Å². The summed E-state index contributed by atoms with van der Waals surface area (Å²) in [7, 11) is 0. The summed E-state index contributed by atoms with van der Waals surface area (Å²) in [5.74, 6) is 0. The Labute approximate surface area is 117 Å². The number of hydrogen-bond acceptors (Lipinski definition) is 1. The van der Waals surface area contributed by atoms with Gasteiger partial charge in [-0.15, -0.1) is 0 Å². The van der Waals surface area contributed by atoms with Crippen LogP contribution in [0.2, 0.25) is 0 Å². The van der Waals surface area contributed by atoms with Crippen LogP contribution < -0.4 is 0 Å². The van der Waals surface area contributed by atoms with E-state index in [1.807, 2.05) is 66.7 Å². The lowest BCUT2D eigenvalue weighted by Gasteiger charge is -2.37. The van der Waals surface area contributed by atoms with Gasteiger partial charge in [0.1, 0.15) is 5.54 Å². The molecule has 1 aliphatic rings. The largest absolute Gasteiger partial charge is 0.465 e. The molecule has 3 nitrogen and oxygen atoms in total. The van der Waals surface area contributed by atoms with Crippen LogP contribution >= 0.6 is 0 Å². The average molecular weight is 265 g/mol. The SMILES string of the molecule is O=C(O)N1C=CCC1(c1ccccc1)c1ccccc1. The Hall–Kier alpha value is -2.55. The van der Waals surface area contributed by atoms with Gasteiger partial charge in [-0.2, -0.15) is 0 Å². The molecule has 0 radical (unpaired) electrons. The highest BCUT2D eigenvalue weighted by Crippen LogP contribution is 2.43. The molecule has 3 rings (SSSR count). The maximum absolute atomic E-state index is 11.6. The molecule has 20 heavy (non-hydrogen) atoms. The first-order chi connectivity index (χ1) is 9.75. The van der Waals surface area contributed by atoms with Crippen LogP contribution in [-0.2, 0) is 5.54 Å². The van der Waals surface area contributed by atoms with Crippen LogP contribution in [0.15, 0.2) is 72.9 Å². The van der Waals surface area contributed by atoms with Crippen LogP contribution in [-0.4, -0.2) is 16.1 Å². The van der Waals surface area contributed by atoms with Gasteiger partial charge in [-0.3, -0.25) is 4.90 Å². The van der Waals surface area contributed by atoms with E-state index in [0.717, 1.165) is 11.1 Å². The van der Waals surface area contributed by atoms with Crippen molar-refractivity contribution in [1.82, 2.24) is 4.90 Å². The van der Waals surface area contributed by atoms with Crippen molar-refractivity contribution in [3.8, 4) is 0 Å². The molecule has 0 saturated heterocycles. The minimum atomic E-state index is -0.938. The molecule has 0 aliphatic carbocycles. The van der Waals surface area contributed by atoms with E-state index in [-0.39, 0.29) is 0 Å². The lowest BCUT2D eigenvalue weighted by molar-refractivity contribution is 0.131. The maximum Gasteiger partial charge on any atom is 0.412 e. The molecule has 1 N–H and O–H groups in total. The standard InChI is InChI=1S/C17H15NO2/c19-16(20)18-13-7-12-17(18,14-8-3-1-4-9-14)15-10-5-2-6-11-15/h1-11,13H,12H2,(H,19,20). The number of benzene rings is 2. The molecule has 0 spiro atoms. The highest BCUT2D eigenvalue weighted by atomic mass is 16.4. The van der Waals surface area contributed by atoms with Crippen LogP contribution in [0.25, 0.3) is 0 Å². The van der Waals surface area contributed by atoms with Gasteiger partial charge in [-0.25, -0.2) is 4.79 Å². The second-order valence-corrected chi connectivity index (χ2v) is 4.83. The number of hydrogen-bond donors (Lipinski definition) is 1. The van der Waals surface area contributed by atoms with Crippen molar-refractivity contribution in [1.29, 1.82) is 0 Å². The number of carboxylic acid groups (broad SMARTS) is 1. The van der Waals surface area contributed by atoms with E-state index in [0.29, 0.717) is 6.42 Å². The molecule has 0 bridgehead atoms. The summed E-state index contributed by atoms with van der Waals surface area (Å²) < 4.78 is 0. The van der Waals surface area contributed by atoms with Gasteiger partial charge in [0.25, 0.3) is 0 Å². The summed E-state index contributed by atoms with van der Waals surface area (Å²) in [6.45, 7) is 0. The van der Waals surface area contributed by atoms with Crippen molar-refractivity contribution in [2.75, 3.05) is 0 Å². The number of nitrogens with zero attached hydrogens (tertiary/aromatic N) is 1. The van der Waals surface area contributed by atoms with Gasteiger partial charge in [0.15, 0.2) is 0 Å². The average Bonchev–Trinajstić information content (AvgIpc) is 2.95. The monoisotopic (exact) mass is 265 g/mol. The third kappa shape index (κ3) is 1.79. The fraction of sp³-hybridized carbons (Fsp3) is 0.118. The molecular formula is C17H15NO2. The Balaban J connectivity index is 2.22. The topological polar surface area (TPSA) is 40.5 Å². The van der Waals surface area contributed by atoms with Gasteiger partial charge < -0.3 is 5.11 Å². The van der Waals surface area contributed by atoms with Gasteiger partial charge in [0.05, 0.1) is 0 Å². The quantitative estimate of drug-likeness (QED) is 0.896. The second-order valence-electron chi connectivity index (χ2n) is 4.83. The predicted molar refractivity (Wildman–Crippen MR) is 77.3 cm³/mol. The van der Waals surface area contributed by atoms with E-state index in [1.165, 1.54) is 4.90 Å². The first-order valence-corrected chi connectivity index (χ1v) is 6.55. The molecule has 2 aromatic carbocycles. The van der Waals surface area contributed by atoms with Crippen LogP contribution in [0.3, 0.4) is 0 Å². The van der Waals surface area contributed by atoms with E-state index in [4.69, 9.17) is 0 Å². The zero-order valence-electron chi connectivity index (χ0n) is 10.9. The molecule has 1 amide bonds. The number of carbonyl (C=O) groups is 1. The molecular weight excluding hydrogens is 250 g/mol. The zero-order valence-corrected chi connectivity index (χ0v) is 10.9. The smallest absolute Gasteiger partial charge is 0.412 e. The fourth-order valence-corrected chi connectivity index (χ4v) is 2.89. The molecule has 0 saturated carbocycles. The maximum atomic E-state index is 11.6. The summed E-state index contributed by atoms with van der Waals surface area (Å²) in [6.07, 6.45) is 3.27. The molecule has 1 heterocycles. The Morgan fingerprint density at radius 3 is 1.90 bits per heavy atom. The van der Waals surface area contributed by atoms with E-state index in [1.54, 1.807) is 6.20 Å².